The number of nitrogens with one attached hydrogen (secondary N) is 2. The molecular formula is C39H43N5O5. The number of rotatable bonds is 12. The van der Waals surface area contributed by atoms with E-state index in [1.54, 1.807) is 12.1 Å². The molecule has 0 radical (unpaired) electrons. The molecule has 0 spiro atoms. The minimum absolute atomic E-state index is 0.138. The minimum atomic E-state index is -1.07. The summed E-state index contributed by atoms with van der Waals surface area (Å²) in [4.78, 5) is 56.0. The Hall–Kier alpha value is -5.48. The first-order valence-corrected chi connectivity index (χ1v) is 16.4. The van der Waals surface area contributed by atoms with E-state index in [1.165, 1.54) is 4.90 Å². The maximum Gasteiger partial charge on any atom is 0.243 e. The summed E-state index contributed by atoms with van der Waals surface area (Å²) in [5, 5.41) is 15.7. The number of primary amides is 1. The van der Waals surface area contributed by atoms with Gasteiger partial charge in [0.05, 0.1) is 6.04 Å². The average Bonchev–Trinajstić information content (AvgIpc) is 3.09. The monoisotopic (exact) mass is 661 g/mol. The Balaban J connectivity index is 1.40. The third-order valence-corrected chi connectivity index (χ3v) is 9.11. The van der Waals surface area contributed by atoms with Crippen LogP contribution in [0.25, 0.3) is 0 Å². The lowest BCUT2D eigenvalue weighted by Gasteiger charge is -2.38. The molecule has 4 aromatic carbocycles. The second-order valence-corrected chi connectivity index (χ2v) is 12.7. The number of hydrogen-bond acceptors (Lipinski definition) is 6. The normalized spacial score (nSPS) is 15.7. The molecule has 0 saturated heterocycles. The topological polar surface area (TPSA) is 168 Å². The molecule has 0 bridgehead atoms. The molecule has 1 unspecified atom stereocenters. The van der Waals surface area contributed by atoms with Crippen molar-refractivity contribution in [1.29, 1.82) is 0 Å². The Morgan fingerprint density at radius 2 is 1.31 bits per heavy atom. The Morgan fingerprint density at radius 3 is 1.88 bits per heavy atom. The largest absolute Gasteiger partial charge is 0.508 e. The van der Waals surface area contributed by atoms with Crippen LogP contribution in [0.3, 0.4) is 0 Å². The number of nitrogens with zero attached hydrogens (tertiary/aromatic N) is 1. The number of fused-ring (bicyclic) bond motifs is 1. The van der Waals surface area contributed by atoms with Gasteiger partial charge in [0.2, 0.25) is 23.6 Å². The number of benzene rings is 4. The standard InChI is InChI=1S/C39H43N5O5/c1-24-17-30(45)18-25(2)31(24)22-32(40)39(49)44-23-29-16-10-9-15-28(29)21-35(44)38(48)43-34(20-27-13-7-4-8-14-27)37(47)42-33(36(41)46)19-26-11-5-3-6-12-26/h3-18,32-35,45H,19-23,40H2,1-2H3,(H2,41,46)(H,42,47)(H,43,48)/t32-,33-,34-,35?/m0/s1. The van der Waals surface area contributed by atoms with Crippen molar-refractivity contribution in [2.75, 3.05) is 0 Å². The molecular weight excluding hydrogens is 618 g/mol. The van der Waals surface area contributed by atoms with E-state index in [0.29, 0.717) is 0 Å². The van der Waals surface area contributed by atoms with Gasteiger partial charge in [-0.25, -0.2) is 0 Å². The Morgan fingerprint density at radius 1 is 0.776 bits per heavy atom. The predicted molar refractivity (Wildman–Crippen MR) is 187 cm³/mol. The van der Waals surface area contributed by atoms with Gasteiger partial charge < -0.3 is 32.1 Å². The summed E-state index contributed by atoms with van der Waals surface area (Å²) in [5.41, 5.74) is 18.2. The highest BCUT2D eigenvalue weighted by Gasteiger charge is 2.38. The number of hydrogen-bond donors (Lipinski definition) is 5. The van der Waals surface area contributed by atoms with E-state index < -0.39 is 47.8 Å². The Bertz CT molecular complexity index is 1790. The molecule has 0 aromatic heterocycles. The lowest BCUT2D eigenvalue weighted by atomic mass is 9.91. The Labute approximate surface area is 286 Å². The molecule has 49 heavy (non-hydrogen) atoms. The number of aromatic hydroxyl groups is 1. The van der Waals surface area contributed by atoms with Crippen LogP contribution in [0, 0.1) is 13.8 Å². The highest BCUT2D eigenvalue weighted by Crippen LogP contribution is 2.26. The first kappa shape index (κ1) is 34.8. The van der Waals surface area contributed by atoms with Crippen molar-refractivity contribution in [3.05, 3.63) is 136 Å². The second kappa shape index (κ2) is 15.6. The van der Waals surface area contributed by atoms with Crippen LogP contribution in [0.1, 0.15) is 38.9 Å². The number of nitrogens with two attached hydrogens (primary N) is 2. The van der Waals surface area contributed by atoms with Gasteiger partial charge in [-0.1, -0.05) is 84.9 Å². The van der Waals surface area contributed by atoms with Gasteiger partial charge in [0.15, 0.2) is 0 Å². The molecule has 0 aliphatic carbocycles. The van der Waals surface area contributed by atoms with Crippen molar-refractivity contribution in [3.63, 3.8) is 0 Å². The average molecular weight is 662 g/mol. The number of carbonyl (C=O) groups excluding carboxylic acids is 4. The molecule has 4 aromatic rings. The van der Waals surface area contributed by atoms with Crippen LogP contribution < -0.4 is 22.1 Å². The van der Waals surface area contributed by atoms with Crippen LogP contribution in [0.4, 0.5) is 0 Å². The third-order valence-electron chi connectivity index (χ3n) is 9.11. The molecule has 4 atom stereocenters. The van der Waals surface area contributed by atoms with E-state index >= 15 is 0 Å². The lowest BCUT2D eigenvalue weighted by Crippen LogP contribution is -2.60. The summed E-state index contributed by atoms with van der Waals surface area (Å²) in [6, 6.07) is 25.3. The highest BCUT2D eigenvalue weighted by atomic mass is 16.3. The molecule has 10 nitrogen and oxygen atoms in total. The van der Waals surface area contributed by atoms with Crippen LogP contribution in [-0.4, -0.2) is 57.8 Å². The fourth-order valence-corrected chi connectivity index (χ4v) is 6.47. The van der Waals surface area contributed by atoms with Crippen LogP contribution in [-0.2, 0) is 51.4 Å². The second-order valence-electron chi connectivity index (χ2n) is 12.7. The molecule has 7 N–H and O–H groups in total. The zero-order valence-corrected chi connectivity index (χ0v) is 27.8. The third kappa shape index (κ3) is 8.71. The van der Waals surface area contributed by atoms with Gasteiger partial charge in [-0.2, -0.15) is 0 Å². The van der Waals surface area contributed by atoms with E-state index in [2.05, 4.69) is 10.6 Å². The first-order chi connectivity index (χ1) is 23.5. The summed E-state index contributed by atoms with van der Waals surface area (Å²) < 4.78 is 0. The van der Waals surface area contributed by atoms with E-state index in [0.717, 1.165) is 38.9 Å². The molecule has 5 rings (SSSR count). The van der Waals surface area contributed by atoms with E-state index in [1.807, 2.05) is 98.8 Å². The summed E-state index contributed by atoms with van der Waals surface area (Å²) in [7, 11) is 0. The minimum Gasteiger partial charge on any atom is -0.508 e. The first-order valence-electron chi connectivity index (χ1n) is 16.4. The zero-order valence-electron chi connectivity index (χ0n) is 27.8. The summed E-state index contributed by atoms with van der Waals surface area (Å²) in [6.07, 6.45) is 0.784. The quantitative estimate of drug-likeness (QED) is 0.157. The van der Waals surface area contributed by atoms with Crippen LogP contribution in [0.5, 0.6) is 5.75 Å². The maximum absolute atomic E-state index is 14.2. The van der Waals surface area contributed by atoms with E-state index in [9.17, 15) is 24.3 Å². The van der Waals surface area contributed by atoms with Crippen molar-refractivity contribution < 1.29 is 24.3 Å². The van der Waals surface area contributed by atoms with Gasteiger partial charge in [-0.05, 0) is 71.3 Å². The molecule has 1 aliphatic heterocycles. The van der Waals surface area contributed by atoms with Crippen molar-refractivity contribution in [2.45, 2.75) is 70.2 Å². The molecule has 0 saturated carbocycles. The van der Waals surface area contributed by atoms with Crippen molar-refractivity contribution in [3.8, 4) is 5.75 Å². The van der Waals surface area contributed by atoms with Crippen LogP contribution >= 0.6 is 0 Å². The fourth-order valence-electron chi connectivity index (χ4n) is 6.47. The maximum atomic E-state index is 14.2. The molecule has 254 valence electrons. The lowest BCUT2D eigenvalue weighted by molar-refractivity contribution is -0.143. The molecule has 4 amide bonds. The van der Waals surface area contributed by atoms with E-state index in [-0.39, 0.29) is 38.0 Å². The number of phenolic OH excluding ortho intramolecular Hbond substituents is 1. The molecule has 1 heterocycles. The fraction of sp³-hybridized carbons (Fsp3) is 0.282. The van der Waals surface area contributed by atoms with Gasteiger partial charge in [-0.3, -0.25) is 19.2 Å². The number of amides is 4. The van der Waals surface area contributed by atoms with Crippen LogP contribution in [0.2, 0.25) is 0 Å². The number of aryl methyl sites for hydroxylation is 2. The summed E-state index contributed by atoms with van der Waals surface area (Å²) >= 11 is 0. The number of phenols is 1. The smallest absolute Gasteiger partial charge is 0.243 e. The van der Waals surface area contributed by atoms with Gasteiger partial charge in [0.25, 0.3) is 0 Å². The van der Waals surface area contributed by atoms with Crippen molar-refractivity contribution >= 4 is 23.6 Å². The van der Waals surface area contributed by atoms with Gasteiger partial charge in [0, 0.05) is 25.8 Å². The van der Waals surface area contributed by atoms with Gasteiger partial charge in [0.1, 0.15) is 23.9 Å². The van der Waals surface area contributed by atoms with Gasteiger partial charge in [-0.15, -0.1) is 0 Å². The summed E-state index contributed by atoms with van der Waals surface area (Å²) in [5.74, 6) is -2.04. The van der Waals surface area contributed by atoms with E-state index in [4.69, 9.17) is 11.5 Å². The van der Waals surface area contributed by atoms with Gasteiger partial charge >= 0.3 is 0 Å². The molecule has 1 aliphatic rings. The van der Waals surface area contributed by atoms with Crippen molar-refractivity contribution in [2.24, 2.45) is 11.5 Å². The zero-order chi connectivity index (χ0) is 35.1. The predicted octanol–water partition coefficient (Wildman–Crippen LogP) is 2.77. The summed E-state index contributed by atoms with van der Waals surface area (Å²) in [6.45, 7) is 3.88. The van der Waals surface area contributed by atoms with Crippen molar-refractivity contribution in [1.82, 2.24) is 15.5 Å². The highest BCUT2D eigenvalue weighted by molar-refractivity contribution is 5.95. The molecule has 10 heteroatoms. The number of carbonyl (C=O) groups is 4. The SMILES string of the molecule is Cc1cc(O)cc(C)c1C[C@H](N)C(=O)N1Cc2ccccc2CC1C(=O)N[C@@H](Cc1ccccc1)C(=O)N[C@@H](Cc1ccccc1)C(N)=O. The van der Waals surface area contributed by atoms with Crippen LogP contribution in [0.15, 0.2) is 97.1 Å². The Kier molecular flexibility index (Phi) is 11.1. The molecule has 0 fully saturated rings.